The molecule has 0 aromatic rings. The van der Waals surface area contributed by atoms with Crippen molar-refractivity contribution in [1.82, 2.24) is 0 Å². The predicted molar refractivity (Wildman–Crippen MR) is 381 cm³/mol. The first kappa shape index (κ1) is 92.1. The highest BCUT2D eigenvalue weighted by Gasteiger charge is 2.30. The Hall–Kier alpha value is -1.94. The van der Waals surface area contributed by atoms with Crippen molar-refractivity contribution in [2.24, 2.45) is 17.8 Å². The van der Waals surface area contributed by atoms with Gasteiger partial charge in [-0.1, -0.05) is 331 Å². The molecule has 17 nitrogen and oxygen atoms in total. The monoisotopic (exact) mass is 1380 g/mol. The van der Waals surface area contributed by atoms with E-state index in [0.717, 1.165) is 108 Å². The van der Waals surface area contributed by atoms with Crippen LogP contribution in [0.25, 0.3) is 0 Å². The number of hydrogen-bond acceptors (Lipinski definition) is 15. The normalized spacial score (nSPS) is 14.4. The summed E-state index contributed by atoms with van der Waals surface area (Å²) < 4.78 is 68.4. The van der Waals surface area contributed by atoms with Crippen LogP contribution in [0.1, 0.15) is 382 Å². The average molecular weight is 1380 g/mol. The van der Waals surface area contributed by atoms with Crippen LogP contribution >= 0.6 is 15.6 Å². The van der Waals surface area contributed by atoms with E-state index in [1.165, 1.54) is 186 Å². The lowest BCUT2D eigenvalue weighted by Crippen LogP contribution is -2.30. The standard InChI is InChI=1S/C75H146O17P2/c1-8-10-11-12-13-14-15-22-26-29-34-42-49-56-72(77)85-62-70(91-74(79)58-51-44-35-30-27-24-21-19-17-16-18-20-23-25-28-32-39-46-53-66(3)4)64-89-93(81,82)87-60-69(76)61-88-94(83,84)90-65-71(92-75(80)59-52-45-36-31-33-40-47-54-67(5)6)63-86-73(78)57-50-43-38-37-41-48-55-68(7)9-2/h66-71,76H,8-65H2,1-7H3,(H,81,82)(H,83,84)/t68?,69-,70-,71-/m1/s1. The summed E-state index contributed by atoms with van der Waals surface area (Å²) in [6, 6.07) is 0. The van der Waals surface area contributed by atoms with Crippen molar-refractivity contribution in [3.8, 4) is 0 Å². The van der Waals surface area contributed by atoms with Gasteiger partial charge in [-0.05, 0) is 43.4 Å². The zero-order valence-corrected chi connectivity index (χ0v) is 63.2. The molecule has 0 aliphatic heterocycles. The molecule has 0 radical (unpaired) electrons. The third kappa shape index (κ3) is 67.3. The fourth-order valence-corrected chi connectivity index (χ4v) is 13.0. The first-order valence-electron chi connectivity index (χ1n) is 38.9. The lowest BCUT2D eigenvalue weighted by molar-refractivity contribution is -0.161. The number of phosphoric acid groups is 2. The smallest absolute Gasteiger partial charge is 0.462 e. The van der Waals surface area contributed by atoms with Gasteiger partial charge in [0.15, 0.2) is 12.2 Å². The first-order valence-corrected chi connectivity index (χ1v) is 41.9. The van der Waals surface area contributed by atoms with E-state index in [1.54, 1.807) is 0 Å². The van der Waals surface area contributed by atoms with E-state index in [9.17, 15) is 43.2 Å². The van der Waals surface area contributed by atoms with Crippen LogP contribution in [-0.2, 0) is 65.4 Å². The van der Waals surface area contributed by atoms with E-state index in [4.69, 9.17) is 37.0 Å². The maximum absolute atomic E-state index is 13.1. The van der Waals surface area contributed by atoms with E-state index in [2.05, 4.69) is 48.5 Å². The molecular weight excluding hydrogens is 1230 g/mol. The minimum atomic E-state index is -4.96. The molecule has 0 aliphatic carbocycles. The first-order chi connectivity index (χ1) is 45.3. The molecule has 19 heteroatoms. The highest BCUT2D eigenvalue weighted by atomic mass is 31.2. The van der Waals surface area contributed by atoms with Gasteiger partial charge in [-0.3, -0.25) is 37.3 Å². The molecular formula is C75H146O17P2. The second-order valence-electron chi connectivity index (χ2n) is 28.2. The highest BCUT2D eigenvalue weighted by Crippen LogP contribution is 2.45. The minimum Gasteiger partial charge on any atom is -0.462 e. The molecule has 3 unspecified atom stereocenters. The lowest BCUT2D eigenvalue weighted by atomic mass is 10.00. The fourth-order valence-electron chi connectivity index (χ4n) is 11.4. The maximum Gasteiger partial charge on any atom is 0.472 e. The van der Waals surface area contributed by atoms with Crippen molar-refractivity contribution < 1.29 is 80.2 Å². The maximum atomic E-state index is 13.1. The van der Waals surface area contributed by atoms with E-state index >= 15 is 0 Å². The Labute approximate surface area is 575 Å². The number of carbonyl (C=O) groups excluding carboxylic acids is 4. The van der Waals surface area contributed by atoms with Crippen molar-refractivity contribution in [1.29, 1.82) is 0 Å². The summed E-state index contributed by atoms with van der Waals surface area (Å²) in [4.78, 5) is 72.7. The number of phosphoric ester groups is 2. The number of unbranched alkanes of at least 4 members (excludes halogenated alkanes) is 40. The van der Waals surface area contributed by atoms with Gasteiger partial charge in [0, 0.05) is 25.7 Å². The Bertz CT molecular complexity index is 1840. The highest BCUT2D eigenvalue weighted by molar-refractivity contribution is 7.47. The van der Waals surface area contributed by atoms with Gasteiger partial charge in [0.25, 0.3) is 0 Å². The Morgan fingerprint density at radius 1 is 0.309 bits per heavy atom. The molecule has 6 atom stereocenters. The van der Waals surface area contributed by atoms with Crippen molar-refractivity contribution in [2.45, 2.75) is 401 Å². The van der Waals surface area contributed by atoms with Crippen LogP contribution in [0, 0.1) is 17.8 Å². The van der Waals surface area contributed by atoms with Crippen molar-refractivity contribution >= 4 is 39.5 Å². The molecule has 0 saturated carbocycles. The summed E-state index contributed by atoms with van der Waals surface area (Å²) in [6.07, 6.45) is 51.6. The molecule has 3 N–H and O–H groups in total. The molecule has 0 fully saturated rings. The summed E-state index contributed by atoms with van der Waals surface area (Å²) in [7, 11) is -9.91. The Morgan fingerprint density at radius 2 is 0.543 bits per heavy atom. The van der Waals surface area contributed by atoms with Crippen LogP contribution < -0.4 is 0 Å². The van der Waals surface area contributed by atoms with Gasteiger partial charge < -0.3 is 33.8 Å². The molecule has 558 valence electrons. The van der Waals surface area contributed by atoms with Crippen LogP contribution in [0.15, 0.2) is 0 Å². The zero-order chi connectivity index (χ0) is 69.4. The van der Waals surface area contributed by atoms with Crippen molar-refractivity contribution in [3.05, 3.63) is 0 Å². The van der Waals surface area contributed by atoms with Gasteiger partial charge >= 0.3 is 39.5 Å². The van der Waals surface area contributed by atoms with Crippen LogP contribution in [0.2, 0.25) is 0 Å². The third-order valence-corrected chi connectivity index (χ3v) is 19.6. The van der Waals surface area contributed by atoms with Gasteiger partial charge in [-0.2, -0.15) is 0 Å². The second-order valence-corrected chi connectivity index (χ2v) is 31.1. The summed E-state index contributed by atoms with van der Waals surface area (Å²) in [5.41, 5.74) is 0. The summed E-state index contributed by atoms with van der Waals surface area (Å²) >= 11 is 0. The van der Waals surface area contributed by atoms with Gasteiger partial charge in [0.1, 0.15) is 19.3 Å². The quantitative estimate of drug-likeness (QED) is 0.0222. The minimum absolute atomic E-state index is 0.103. The average Bonchev–Trinajstić information content (AvgIpc) is 1.23. The number of rotatable bonds is 73. The van der Waals surface area contributed by atoms with Crippen LogP contribution in [0.5, 0.6) is 0 Å². The molecule has 94 heavy (non-hydrogen) atoms. The molecule has 0 aliphatic rings. The summed E-state index contributed by atoms with van der Waals surface area (Å²) in [6.45, 7) is 11.8. The fraction of sp³-hybridized carbons (Fsp3) is 0.947. The van der Waals surface area contributed by atoms with Crippen molar-refractivity contribution in [2.75, 3.05) is 39.6 Å². The number of carbonyl (C=O) groups is 4. The molecule has 0 aromatic heterocycles. The molecule has 0 heterocycles. The van der Waals surface area contributed by atoms with Crippen LogP contribution in [0.4, 0.5) is 0 Å². The van der Waals surface area contributed by atoms with Gasteiger partial charge in [-0.25, -0.2) is 9.13 Å². The van der Waals surface area contributed by atoms with E-state index in [1.807, 2.05) is 0 Å². The van der Waals surface area contributed by atoms with E-state index < -0.39 is 97.5 Å². The topological polar surface area (TPSA) is 237 Å². The Kier molecular flexibility index (Phi) is 64.3. The molecule has 0 aromatic carbocycles. The molecule has 0 rings (SSSR count). The Morgan fingerprint density at radius 3 is 0.809 bits per heavy atom. The SMILES string of the molecule is CCCCCCCCCCCCCCCC(=O)OC[C@H](COP(=O)(O)OC[C@@H](O)COP(=O)(O)OC[C@@H](COC(=O)CCCCCCCCC(C)CC)OC(=O)CCCCCCCCCC(C)C)OC(=O)CCCCCCCCCCCCCCCCCCCCC(C)C. The number of ether oxygens (including phenoxy) is 4. The number of hydrogen-bond donors (Lipinski definition) is 3. The van der Waals surface area contributed by atoms with Crippen LogP contribution in [-0.4, -0.2) is 96.7 Å². The zero-order valence-electron chi connectivity index (χ0n) is 61.4. The largest absolute Gasteiger partial charge is 0.472 e. The van der Waals surface area contributed by atoms with Crippen LogP contribution in [0.3, 0.4) is 0 Å². The number of aliphatic hydroxyl groups excluding tert-OH is 1. The van der Waals surface area contributed by atoms with E-state index in [-0.39, 0.29) is 25.7 Å². The van der Waals surface area contributed by atoms with Crippen molar-refractivity contribution in [3.63, 3.8) is 0 Å². The van der Waals surface area contributed by atoms with Gasteiger partial charge in [0.2, 0.25) is 0 Å². The Balaban J connectivity index is 5.19. The van der Waals surface area contributed by atoms with E-state index in [0.29, 0.717) is 31.6 Å². The van der Waals surface area contributed by atoms with Gasteiger partial charge in [0.05, 0.1) is 26.4 Å². The summed E-state index contributed by atoms with van der Waals surface area (Å²) in [5.74, 6) is 0.124. The molecule has 0 bridgehead atoms. The second kappa shape index (κ2) is 65.7. The third-order valence-electron chi connectivity index (χ3n) is 17.7. The number of aliphatic hydroxyl groups is 1. The number of esters is 4. The predicted octanol–water partition coefficient (Wildman–Crippen LogP) is 21.8. The summed E-state index contributed by atoms with van der Waals surface area (Å²) in [5, 5.41) is 10.6. The molecule has 0 spiro atoms. The molecule has 0 saturated heterocycles. The van der Waals surface area contributed by atoms with Gasteiger partial charge in [-0.15, -0.1) is 0 Å². The molecule has 0 amide bonds. The lowest BCUT2D eigenvalue weighted by Gasteiger charge is -2.21.